The van der Waals surface area contributed by atoms with Crippen molar-refractivity contribution < 1.29 is 9.47 Å². The summed E-state index contributed by atoms with van der Waals surface area (Å²) in [5.41, 5.74) is 0. The van der Waals surface area contributed by atoms with Gasteiger partial charge >= 0.3 is 0 Å². The molecule has 2 unspecified atom stereocenters. The van der Waals surface area contributed by atoms with Crippen LogP contribution in [0.3, 0.4) is 0 Å². The second-order valence-electron chi connectivity index (χ2n) is 3.54. The van der Waals surface area contributed by atoms with Crippen LogP contribution in [0.4, 0.5) is 0 Å². The molecule has 2 atom stereocenters. The molecular weight excluding hydrogens is 176 g/mol. The molecule has 0 saturated heterocycles. The molecule has 0 saturated carbocycles. The fourth-order valence-corrected chi connectivity index (χ4v) is 1.62. The third-order valence-electron chi connectivity index (χ3n) is 2.30. The summed E-state index contributed by atoms with van der Waals surface area (Å²) < 4.78 is 11.2. The summed E-state index contributed by atoms with van der Waals surface area (Å²) in [4.78, 5) is 0. The second-order valence-corrected chi connectivity index (χ2v) is 3.54. The van der Waals surface area contributed by atoms with Crippen LogP contribution in [-0.4, -0.2) is 18.5 Å². The Hall–Kier alpha value is -0.960. The molecular formula is C12H14O2. The van der Waals surface area contributed by atoms with Crippen LogP contribution in [0.5, 0.6) is 0 Å². The highest BCUT2D eigenvalue weighted by Gasteiger charge is 2.17. The third kappa shape index (κ3) is 2.51. The minimum Gasteiger partial charge on any atom is -0.337 e. The summed E-state index contributed by atoms with van der Waals surface area (Å²) in [5.74, 6) is 12.1. The maximum atomic E-state index is 5.61. The SMILES string of the molecule is CC(OC1C#CCC1)OC1C#CCC1. The first kappa shape index (κ1) is 9.59. The monoisotopic (exact) mass is 190 g/mol. The van der Waals surface area contributed by atoms with E-state index in [0.717, 1.165) is 25.7 Å². The predicted molar refractivity (Wildman–Crippen MR) is 53.2 cm³/mol. The molecule has 2 rings (SSSR count). The van der Waals surface area contributed by atoms with Crippen LogP contribution in [-0.2, 0) is 9.47 Å². The van der Waals surface area contributed by atoms with Gasteiger partial charge in [0.1, 0.15) is 12.2 Å². The van der Waals surface area contributed by atoms with Crippen molar-refractivity contribution in [2.45, 2.75) is 51.1 Å². The maximum absolute atomic E-state index is 5.61. The molecule has 0 spiro atoms. The Labute approximate surface area is 85.0 Å². The van der Waals surface area contributed by atoms with Crippen molar-refractivity contribution in [3.05, 3.63) is 0 Å². The van der Waals surface area contributed by atoms with E-state index in [1.165, 1.54) is 0 Å². The molecule has 0 heterocycles. The van der Waals surface area contributed by atoms with Crippen LogP contribution >= 0.6 is 0 Å². The fraction of sp³-hybridized carbons (Fsp3) is 0.667. The molecule has 0 aromatic heterocycles. The molecule has 2 heteroatoms. The van der Waals surface area contributed by atoms with Gasteiger partial charge in [0.2, 0.25) is 0 Å². The van der Waals surface area contributed by atoms with E-state index in [9.17, 15) is 0 Å². The van der Waals surface area contributed by atoms with E-state index in [1.807, 2.05) is 6.92 Å². The molecule has 0 aliphatic heterocycles. The average Bonchev–Trinajstić information content (AvgIpc) is 2.76. The van der Waals surface area contributed by atoms with Crippen LogP contribution < -0.4 is 0 Å². The summed E-state index contributed by atoms with van der Waals surface area (Å²) in [5, 5.41) is 0. The van der Waals surface area contributed by atoms with Crippen molar-refractivity contribution >= 4 is 0 Å². The van der Waals surface area contributed by atoms with Gasteiger partial charge in [0, 0.05) is 12.8 Å². The highest BCUT2D eigenvalue weighted by Crippen LogP contribution is 2.14. The number of hydrogen-bond donors (Lipinski definition) is 0. The molecule has 0 fully saturated rings. The van der Waals surface area contributed by atoms with Gasteiger partial charge in [-0.3, -0.25) is 0 Å². The molecule has 0 amide bonds. The zero-order chi connectivity index (χ0) is 9.80. The van der Waals surface area contributed by atoms with Gasteiger partial charge in [-0.15, -0.1) is 11.8 Å². The van der Waals surface area contributed by atoms with Gasteiger partial charge in [0.25, 0.3) is 0 Å². The number of ether oxygens (including phenoxy) is 2. The zero-order valence-electron chi connectivity index (χ0n) is 8.38. The largest absolute Gasteiger partial charge is 0.337 e. The molecule has 14 heavy (non-hydrogen) atoms. The molecule has 2 nitrogen and oxygen atoms in total. The van der Waals surface area contributed by atoms with E-state index < -0.39 is 0 Å². The summed E-state index contributed by atoms with van der Waals surface area (Å²) >= 11 is 0. The molecule has 0 aromatic rings. The predicted octanol–water partition coefficient (Wildman–Crippen LogP) is 1.70. The van der Waals surface area contributed by atoms with Crippen LogP contribution in [0.2, 0.25) is 0 Å². The average molecular weight is 190 g/mol. The molecule has 0 N–H and O–H groups in total. The number of hydrogen-bond acceptors (Lipinski definition) is 2. The lowest BCUT2D eigenvalue weighted by molar-refractivity contribution is -0.161. The smallest absolute Gasteiger partial charge is 0.158 e. The summed E-state index contributed by atoms with van der Waals surface area (Å²) in [6, 6.07) is 0. The van der Waals surface area contributed by atoms with Crippen molar-refractivity contribution in [1.29, 1.82) is 0 Å². The van der Waals surface area contributed by atoms with Gasteiger partial charge in [-0.2, -0.15) is 0 Å². The second kappa shape index (κ2) is 4.51. The Morgan fingerprint density at radius 1 is 1.00 bits per heavy atom. The normalized spacial score (nSPS) is 30.4. The van der Waals surface area contributed by atoms with Crippen LogP contribution in [0, 0.1) is 23.7 Å². The highest BCUT2D eigenvalue weighted by atomic mass is 16.7. The third-order valence-corrected chi connectivity index (χ3v) is 2.30. The first-order valence-corrected chi connectivity index (χ1v) is 5.12. The van der Waals surface area contributed by atoms with Gasteiger partial charge < -0.3 is 9.47 Å². The molecule has 2 aliphatic carbocycles. The van der Waals surface area contributed by atoms with E-state index in [1.54, 1.807) is 0 Å². The Balaban J connectivity index is 1.71. The Bertz CT molecular complexity index is 281. The maximum Gasteiger partial charge on any atom is 0.158 e. The highest BCUT2D eigenvalue weighted by molar-refractivity contribution is 5.13. The van der Waals surface area contributed by atoms with Crippen molar-refractivity contribution in [2.24, 2.45) is 0 Å². The van der Waals surface area contributed by atoms with Gasteiger partial charge in [-0.05, 0) is 19.8 Å². The topological polar surface area (TPSA) is 18.5 Å². The van der Waals surface area contributed by atoms with E-state index in [0.29, 0.717) is 0 Å². The quantitative estimate of drug-likeness (QED) is 0.496. The molecule has 0 aromatic carbocycles. The summed E-state index contributed by atoms with van der Waals surface area (Å²) in [7, 11) is 0. The molecule has 74 valence electrons. The fourth-order valence-electron chi connectivity index (χ4n) is 1.62. The van der Waals surface area contributed by atoms with Crippen molar-refractivity contribution in [1.82, 2.24) is 0 Å². The first-order chi connectivity index (χ1) is 6.84. The lowest BCUT2D eigenvalue weighted by atomic mass is 10.3. The van der Waals surface area contributed by atoms with Crippen molar-refractivity contribution in [2.75, 3.05) is 0 Å². The van der Waals surface area contributed by atoms with Crippen LogP contribution in [0.1, 0.15) is 32.6 Å². The van der Waals surface area contributed by atoms with Gasteiger partial charge in [-0.25, -0.2) is 0 Å². The molecule has 2 aliphatic rings. The minimum atomic E-state index is -0.190. The number of rotatable bonds is 4. The molecule has 0 bridgehead atoms. The van der Waals surface area contributed by atoms with E-state index in [2.05, 4.69) is 23.7 Å². The van der Waals surface area contributed by atoms with E-state index in [-0.39, 0.29) is 18.5 Å². The van der Waals surface area contributed by atoms with E-state index in [4.69, 9.17) is 9.47 Å². The standard InChI is InChI=1S/C12H14O2/c1-10(13-11-6-2-3-7-11)14-12-8-4-5-9-12/h10-12H,2,4,6,8H2,1H3. The minimum absolute atomic E-state index is 0.0689. The Kier molecular flexibility index (Phi) is 3.09. The van der Waals surface area contributed by atoms with Crippen LogP contribution in [0.25, 0.3) is 0 Å². The Morgan fingerprint density at radius 3 is 1.86 bits per heavy atom. The van der Waals surface area contributed by atoms with Gasteiger partial charge in [0.15, 0.2) is 6.29 Å². The van der Waals surface area contributed by atoms with Crippen molar-refractivity contribution in [3.8, 4) is 23.7 Å². The van der Waals surface area contributed by atoms with Crippen LogP contribution in [0.15, 0.2) is 0 Å². The lowest BCUT2D eigenvalue weighted by Crippen LogP contribution is -2.24. The van der Waals surface area contributed by atoms with Crippen molar-refractivity contribution in [3.63, 3.8) is 0 Å². The van der Waals surface area contributed by atoms with E-state index >= 15 is 0 Å². The Morgan fingerprint density at radius 2 is 1.50 bits per heavy atom. The molecule has 0 radical (unpaired) electrons. The summed E-state index contributed by atoms with van der Waals surface area (Å²) in [6.45, 7) is 1.92. The van der Waals surface area contributed by atoms with Gasteiger partial charge in [0.05, 0.1) is 0 Å². The summed E-state index contributed by atoms with van der Waals surface area (Å²) in [6.07, 6.45) is 3.79. The van der Waals surface area contributed by atoms with Gasteiger partial charge in [-0.1, -0.05) is 11.8 Å². The first-order valence-electron chi connectivity index (χ1n) is 5.12. The lowest BCUT2D eigenvalue weighted by Gasteiger charge is -2.19. The zero-order valence-corrected chi connectivity index (χ0v) is 8.38.